The van der Waals surface area contributed by atoms with Crippen LogP contribution >= 0.6 is 0 Å². The van der Waals surface area contributed by atoms with E-state index in [1.807, 2.05) is 6.07 Å². The van der Waals surface area contributed by atoms with Gasteiger partial charge in [-0.15, -0.1) is 0 Å². The lowest BCUT2D eigenvalue weighted by Crippen LogP contribution is -2.04. The number of aromatic carboxylic acids is 1. The van der Waals surface area contributed by atoms with Gasteiger partial charge in [-0.25, -0.2) is 14.5 Å². The van der Waals surface area contributed by atoms with Gasteiger partial charge in [-0.2, -0.15) is 10.4 Å². The Morgan fingerprint density at radius 1 is 1.59 bits per heavy atom. The Morgan fingerprint density at radius 3 is 2.94 bits per heavy atom. The molecule has 7 nitrogen and oxygen atoms in total. The van der Waals surface area contributed by atoms with E-state index in [-0.39, 0.29) is 17.1 Å². The number of nitrogen functional groups attached to an aromatic ring is 1. The zero-order valence-corrected chi connectivity index (χ0v) is 8.53. The van der Waals surface area contributed by atoms with Crippen molar-refractivity contribution < 1.29 is 9.90 Å². The van der Waals surface area contributed by atoms with E-state index in [1.165, 1.54) is 17.1 Å². The van der Waals surface area contributed by atoms with Crippen molar-refractivity contribution in [2.24, 2.45) is 0 Å². The summed E-state index contributed by atoms with van der Waals surface area (Å²) in [5.74, 6) is -1.22. The number of aromatic nitrogens is 3. The number of nitriles is 1. The summed E-state index contributed by atoms with van der Waals surface area (Å²) in [5.41, 5.74) is 5.81. The molecule has 0 radical (unpaired) electrons. The van der Waals surface area contributed by atoms with Crippen LogP contribution in [0.3, 0.4) is 0 Å². The Kier molecular flexibility index (Phi) is 2.46. The van der Waals surface area contributed by atoms with Crippen LogP contribution in [0.15, 0.2) is 24.5 Å². The van der Waals surface area contributed by atoms with Crippen LogP contribution < -0.4 is 5.73 Å². The van der Waals surface area contributed by atoms with E-state index in [9.17, 15) is 4.79 Å². The van der Waals surface area contributed by atoms with Gasteiger partial charge in [0.2, 0.25) is 0 Å². The molecule has 17 heavy (non-hydrogen) atoms. The van der Waals surface area contributed by atoms with Gasteiger partial charge in [-0.05, 0) is 12.1 Å². The summed E-state index contributed by atoms with van der Waals surface area (Å²) in [5, 5.41) is 21.5. The number of rotatable bonds is 2. The molecule has 2 aromatic rings. The smallest absolute Gasteiger partial charge is 0.358 e. The summed E-state index contributed by atoms with van der Waals surface area (Å²) in [6, 6.07) is 5.11. The first kappa shape index (κ1) is 10.6. The monoisotopic (exact) mass is 229 g/mol. The van der Waals surface area contributed by atoms with E-state index in [1.54, 1.807) is 12.1 Å². The van der Waals surface area contributed by atoms with Crippen molar-refractivity contribution in [3.8, 4) is 11.8 Å². The van der Waals surface area contributed by atoms with Gasteiger partial charge in [0.15, 0.2) is 11.4 Å². The fraction of sp³-hybridized carbons (Fsp3) is 0. The Morgan fingerprint density at radius 2 is 2.35 bits per heavy atom. The lowest BCUT2D eigenvalue weighted by molar-refractivity contribution is 0.0691. The summed E-state index contributed by atoms with van der Waals surface area (Å²) in [4.78, 5) is 14.6. The maximum atomic E-state index is 10.8. The van der Waals surface area contributed by atoms with Crippen LogP contribution in [-0.4, -0.2) is 25.8 Å². The van der Waals surface area contributed by atoms with E-state index in [2.05, 4.69) is 10.1 Å². The molecule has 2 aromatic heterocycles. The maximum Gasteiger partial charge on any atom is 0.358 e. The van der Waals surface area contributed by atoms with E-state index in [0.29, 0.717) is 5.69 Å². The van der Waals surface area contributed by atoms with Crippen LogP contribution in [0.5, 0.6) is 0 Å². The normalized spacial score (nSPS) is 9.82. The maximum absolute atomic E-state index is 10.8. The minimum Gasteiger partial charge on any atom is -0.476 e. The van der Waals surface area contributed by atoms with Crippen molar-refractivity contribution in [2.75, 3.05) is 5.73 Å². The summed E-state index contributed by atoms with van der Waals surface area (Å²) in [7, 11) is 0. The average molecular weight is 229 g/mol. The third-order valence-electron chi connectivity index (χ3n) is 2.08. The first-order chi connectivity index (χ1) is 8.13. The molecular formula is C10H7N5O2. The SMILES string of the molecule is N#Cc1ncccc1-n1cc(N)c(C(=O)O)n1. The number of hydrogen-bond donors (Lipinski definition) is 2. The minimum atomic E-state index is -1.22. The standard InChI is InChI=1S/C10H7N5O2/c11-4-7-8(2-1-3-13-7)15-5-6(12)9(14-15)10(16)17/h1-3,5H,12H2,(H,16,17). The van der Waals surface area contributed by atoms with Gasteiger partial charge in [0, 0.05) is 6.20 Å². The minimum absolute atomic E-state index is 0.0326. The highest BCUT2D eigenvalue weighted by atomic mass is 16.4. The Labute approximate surface area is 95.7 Å². The molecule has 2 rings (SSSR count). The summed E-state index contributed by atoms with van der Waals surface area (Å²) in [6.07, 6.45) is 2.80. The highest BCUT2D eigenvalue weighted by Crippen LogP contribution is 2.15. The van der Waals surface area contributed by atoms with Crippen molar-refractivity contribution in [3.63, 3.8) is 0 Å². The van der Waals surface area contributed by atoms with E-state index in [4.69, 9.17) is 16.1 Å². The molecule has 0 aliphatic rings. The zero-order valence-electron chi connectivity index (χ0n) is 8.53. The molecule has 0 spiro atoms. The molecule has 0 saturated carbocycles. The van der Waals surface area contributed by atoms with Crippen LogP contribution in [0.1, 0.15) is 16.2 Å². The number of pyridine rings is 1. The molecule has 84 valence electrons. The first-order valence-electron chi connectivity index (χ1n) is 4.57. The number of anilines is 1. The van der Waals surface area contributed by atoms with Gasteiger partial charge in [0.25, 0.3) is 0 Å². The van der Waals surface area contributed by atoms with Gasteiger partial charge < -0.3 is 10.8 Å². The quantitative estimate of drug-likeness (QED) is 0.770. The molecule has 0 aliphatic carbocycles. The molecule has 7 heteroatoms. The predicted octanol–water partition coefficient (Wildman–Crippen LogP) is 0.419. The van der Waals surface area contributed by atoms with E-state index < -0.39 is 5.97 Å². The third kappa shape index (κ3) is 1.79. The molecule has 0 saturated heterocycles. The van der Waals surface area contributed by atoms with Crippen molar-refractivity contribution >= 4 is 11.7 Å². The van der Waals surface area contributed by atoms with Crippen molar-refractivity contribution in [1.29, 1.82) is 5.26 Å². The summed E-state index contributed by atoms with van der Waals surface area (Å²) < 4.78 is 1.23. The highest BCUT2D eigenvalue weighted by Gasteiger charge is 2.15. The summed E-state index contributed by atoms with van der Waals surface area (Å²) in [6.45, 7) is 0. The molecule has 0 fully saturated rings. The lowest BCUT2D eigenvalue weighted by atomic mass is 10.3. The number of nitrogens with zero attached hydrogens (tertiary/aromatic N) is 4. The van der Waals surface area contributed by atoms with Crippen molar-refractivity contribution in [2.45, 2.75) is 0 Å². The van der Waals surface area contributed by atoms with Crippen molar-refractivity contribution in [1.82, 2.24) is 14.8 Å². The van der Waals surface area contributed by atoms with Crippen LogP contribution in [-0.2, 0) is 0 Å². The number of hydrogen-bond acceptors (Lipinski definition) is 5. The zero-order chi connectivity index (χ0) is 12.4. The van der Waals surface area contributed by atoms with Crippen LogP contribution in [0, 0.1) is 11.3 Å². The average Bonchev–Trinajstić information content (AvgIpc) is 2.71. The number of carboxylic acid groups (broad SMARTS) is 1. The Balaban J connectivity index is 2.58. The Hall–Kier alpha value is -2.88. The molecule has 0 aliphatic heterocycles. The molecule has 2 heterocycles. The number of carbonyl (C=O) groups is 1. The largest absolute Gasteiger partial charge is 0.476 e. The summed E-state index contributed by atoms with van der Waals surface area (Å²) >= 11 is 0. The number of carboxylic acids is 1. The van der Waals surface area contributed by atoms with Gasteiger partial charge in [-0.3, -0.25) is 0 Å². The van der Waals surface area contributed by atoms with Gasteiger partial charge >= 0.3 is 5.97 Å². The van der Waals surface area contributed by atoms with Gasteiger partial charge in [0.05, 0.1) is 11.9 Å². The van der Waals surface area contributed by atoms with Gasteiger partial charge in [0.1, 0.15) is 11.8 Å². The topological polar surface area (TPSA) is 118 Å². The molecule has 3 N–H and O–H groups in total. The third-order valence-corrected chi connectivity index (χ3v) is 2.08. The second-order valence-electron chi connectivity index (χ2n) is 3.17. The molecule has 0 atom stereocenters. The fourth-order valence-corrected chi connectivity index (χ4v) is 1.34. The number of nitrogens with two attached hydrogens (primary N) is 1. The fourth-order valence-electron chi connectivity index (χ4n) is 1.34. The lowest BCUT2D eigenvalue weighted by Gasteiger charge is -2.01. The van der Waals surface area contributed by atoms with E-state index >= 15 is 0 Å². The molecule has 0 unspecified atom stereocenters. The predicted molar refractivity (Wildman–Crippen MR) is 57.4 cm³/mol. The molecule has 0 amide bonds. The van der Waals surface area contributed by atoms with E-state index in [0.717, 1.165) is 0 Å². The van der Waals surface area contributed by atoms with Crippen LogP contribution in [0.4, 0.5) is 5.69 Å². The Bertz CT molecular complexity index is 626. The second-order valence-corrected chi connectivity index (χ2v) is 3.17. The highest BCUT2D eigenvalue weighted by molar-refractivity contribution is 5.91. The molecule has 0 aromatic carbocycles. The first-order valence-corrected chi connectivity index (χ1v) is 4.57. The van der Waals surface area contributed by atoms with Gasteiger partial charge in [-0.1, -0.05) is 0 Å². The van der Waals surface area contributed by atoms with Crippen LogP contribution in [0.25, 0.3) is 5.69 Å². The second kappa shape index (κ2) is 3.94. The molecule has 0 bridgehead atoms. The van der Waals surface area contributed by atoms with Crippen LogP contribution in [0.2, 0.25) is 0 Å². The van der Waals surface area contributed by atoms with Crippen molar-refractivity contribution in [3.05, 3.63) is 35.9 Å². The molecular weight excluding hydrogens is 222 g/mol.